The lowest BCUT2D eigenvalue weighted by molar-refractivity contribution is -0.151. The largest absolute Gasteiger partial charge is 0.462 e. The Bertz CT molecular complexity index is 2510. The minimum Gasteiger partial charge on any atom is -0.462 e. The average Bonchev–Trinajstić information content (AvgIpc) is 3.54. The molecule has 1 aliphatic rings. The highest BCUT2D eigenvalue weighted by Gasteiger charge is 2.48. The lowest BCUT2D eigenvalue weighted by atomic mass is 9.69. The maximum Gasteiger partial charge on any atom is 0.333 e. The maximum atomic E-state index is 12.8. The highest BCUT2D eigenvalue weighted by atomic mass is 16.6. The first-order valence-electron chi connectivity index (χ1n) is 20.2. The molecule has 0 spiro atoms. The van der Waals surface area contributed by atoms with Crippen molar-refractivity contribution in [3.8, 4) is 22.8 Å². The summed E-state index contributed by atoms with van der Waals surface area (Å²) < 4.78 is 31.1. The normalized spacial score (nSPS) is 12.0. The van der Waals surface area contributed by atoms with E-state index < -0.39 is 41.2 Å². The summed E-state index contributed by atoms with van der Waals surface area (Å²) in [6.45, 7) is 13.4. The van der Waals surface area contributed by atoms with E-state index in [9.17, 15) is 28.8 Å². The lowest BCUT2D eigenvalue weighted by Gasteiger charge is -2.32. The first kappa shape index (κ1) is 45.1. The second-order valence-corrected chi connectivity index (χ2v) is 14.9. The molecule has 63 heavy (non-hydrogen) atoms. The van der Waals surface area contributed by atoms with E-state index in [1.165, 1.54) is 13.8 Å². The zero-order valence-corrected chi connectivity index (χ0v) is 35.4. The molecular weight excluding hydrogens is 809 g/mol. The molecule has 0 fully saturated rings. The van der Waals surface area contributed by atoms with Crippen LogP contribution in [-0.4, -0.2) is 72.2 Å². The smallest absolute Gasteiger partial charge is 0.333 e. The third kappa shape index (κ3) is 10.5. The van der Waals surface area contributed by atoms with Crippen LogP contribution < -0.4 is 9.47 Å². The molecule has 0 unspecified atom stereocenters. The van der Waals surface area contributed by atoms with Gasteiger partial charge in [-0.2, -0.15) is 0 Å². The van der Waals surface area contributed by atoms with Gasteiger partial charge in [0, 0.05) is 16.7 Å². The quantitative estimate of drug-likeness (QED) is 0.0276. The molecule has 0 saturated heterocycles. The molecule has 14 heteroatoms. The van der Waals surface area contributed by atoms with Gasteiger partial charge in [-0.3, -0.25) is 19.2 Å². The third-order valence-electron chi connectivity index (χ3n) is 10.2. The third-order valence-corrected chi connectivity index (χ3v) is 10.2. The van der Waals surface area contributed by atoms with Gasteiger partial charge in [0.2, 0.25) is 0 Å². The standard InChI is InChI=1S/C49H46N2O12/c1-29(2)47(56)60-25-23-58-41(52)19-21-43(54)62-35-15-11-33(12-16-35)49(38-10-8-7-9-37(38)45-46(49)51-40-28-32(6)31(5)27-39(40)50-45)34-13-17-36(18-14-34)63-44(55)22-20-42(53)59-24-26-61-48(57)30(3)4/h7-18,27-28H,1,3,19-26H2,2,4-6H3. The van der Waals surface area contributed by atoms with Gasteiger partial charge < -0.3 is 28.4 Å². The summed E-state index contributed by atoms with van der Waals surface area (Å²) in [7, 11) is 0. The van der Waals surface area contributed by atoms with Crippen molar-refractivity contribution in [3.05, 3.63) is 143 Å². The Labute approximate surface area is 363 Å². The van der Waals surface area contributed by atoms with E-state index in [-0.39, 0.29) is 74.8 Å². The van der Waals surface area contributed by atoms with Crippen LogP contribution in [0.25, 0.3) is 22.3 Å². The molecule has 6 rings (SSSR count). The number of hydrogen-bond donors (Lipinski definition) is 0. The second-order valence-electron chi connectivity index (χ2n) is 14.9. The van der Waals surface area contributed by atoms with Crippen molar-refractivity contribution >= 4 is 46.8 Å². The van der Waals surface area contributed by atoms with Gasteiger partial charge in [-0.25, -0.2) is 19.6 Å². The molecule has 14 nitrogen and oxygen atoms in total. The lowest BCUT2D eigenvalue weighted by Crippen LogP contribution is -2.29. The Balaban J connectivity index is 1.22. The average molecular weight is 855 g/mol. The van der Waals surface area contributed by atoms with Crippen LogP contribution in [0.4, 0.5) is 0 Å². The summed E-state index contributed by atoms with van der Waals surface area (Å²) >= 11 is 0. The van der Waals surface area contributed by atoms with E-state index in [0.717, 1.165) is 38.9 Å². The van der Waals surface area contributed by atoms with Crippen LogP contribution in [0.3, 0.4) is 0 Å². The molecule has 324 valence electrons. The Morgan fingerprint density at radius 1 is 0.540 bits per heavy atom. The molecule has 0 saturated carbocycles. The highest BCUT2D eigenvalue weighted by molar-refractivity contribution is 5.89. The molecule has 1 heterocycles. The van der Waals surface area contributed by atoms with E-state index in [0.29, 0.717) is 16.9 Å². The van der Waals surface area contributed by atoms with E-state index in [1.807, 2.05) is 74.5 Å². The zero-order chi connectivity index (χ0) is 45.3. The van der Waals surface area contributed by atoms with Crippen molar-refractivity contribution < 1.29 is 57.2 Å². The minimum atomic E-state index is -1.04. The molecule has 0 atom stereocenters. The number of fused-ring (bicyclic) bond motifs is 4. The van der Waals surface area contributed by atoms with E-state index in [2.05, 4.69) is 13.2 Å². The minimum absolute atomic E-state index is 0.135. The highest BCUT2D eigenvalue weighted by Crippen LogP contribution is 2.55. The first-order chi connectivity index (χ1) is 30.2. The first-order valence-corrected chi connectivity index (χ1v) is 20.2. The fourth-order valence-electron chi connectivity index (χ4n) is 6.95. The van der Waals surface area contributed by atoms with Crippen LogP contribution in [0.2, 0.25) is 0 Å². The van der Waals surface area contributed by atoms with Crippen molar-refractivity contribution in [1.82, 2.24) is 9.97 Å². The SMILES string of the molecule is C=C(C)C(=O)OCCOC(=O)CCC(=O)Oc1ccc(C2(c3ccc(OC(=O)CCC(=O)OCCOC(=O)C(=C)C)cc3)c3ccccc3-c3nc4cc(C)c(C)cc4nc32)cc1. The predicted molar refractivity (Wildman–Crippen MR) is 230 cm³/mol. The fourth-order valence-corrected chi connectivity index (χ4v) is 6.95. The van der Waals surface area contributed by atoms with Crippen LogP contribution >= 0.6 is 0 Å². The Hall–Kier alpha value is -7.48. The van der Waals surface area contributed by atoms with Crippen molar-refractivity contribution in [3.63, 3.8) is 0 Å². The Kier molecular flexibility index (Phi) is 14.3. The summed E-state index contributed by atoms with van der Waals surface area (Å²) in [6, 6.07) is 26.0. The number of ether oxygens (including phenoxy) is 6. The molecule has 0 amide bonds. The molecular formula is C49H46N2O12. The van der Waals surface area contributed by atoms with E-state index in [4.69, 9.17) is 38.4 Å². The molecule has 1 aliphatic carbocycles. The molecule has 0 radical (unpaired) electrons. The fraction of sp³-hybridized carbons (Fsp3) is 0.265. The van der Waals surface area contributed by atoms with Gasteiger partial charge in [0.05, 0.1) is 53.5 Å². The summed E-state index contributed by atoms with van der Waals surface area (Å²) in [5.41, 5.74) is 7.73. The van der Waals surface area contributed by atoms with Crippen molar-refractivity contribution in [2.24, 2.45) is 0 Å². The number of hydrogen-bond acceptors (Lipinski definition) is 14. The number of carbonyl (C=O) groups excluding carboxylic acids is 6. The Morgan fingerprint density at radius 2 is 0.952 bits per heavy atom. The topological polar surface area (TPSA) is 184 Å². The zero-order valence-electron chi connectivity index (χ0n) is 35.4. The van der Waals surface area contributed by atoms with Crippen LogP contribution in [0.1, 0.15) is 73.0 Å². The van der Waals surface area contributed by atoms with Crippen molar-refractivity contribution in [2.45, 2.75) is 58.8 Å². The van der Waals surface area contributed by atoms with Gasteiger partial charge in [0.25, 0.3) is 0 Å². The number of aromatic nitrogens is 2. The monoisotopic (exact) mass is 854 g/mol. The number of esters is 6. The number of benzene rings is 4. The van der Waals surface area contributed by atoms with Crippen molar-refractivity contribution in [2.75, 3.05) is 26.4 Å². The van der Waals surface area contributed by atoms with E-state index >= 15 is 0 Å². The number of carbonyl (C=O) groups is 6. The summed E-state index contributed by atoms with van der Waals surface area (Å²) in [6.07, 6.45) is -0.952. The van der Waals surface area contributed by atoms with Gasteiger partial charge in [0.15, 0.2) is 0 Å². The number of nitrogens with zero attached hydrogens (tertiary/aromatic N) is 2. The molecule has 0 N–H and O–H groups in total. The van der Waals surface area contributed by atoms with Crippen LogP contribution in [0, 0.1) is 13.8 Å². The van der Waals surface area contributed by atoms with Gasteiger partial charge in [0.1, 0.15) is 37.9 Å². The van der Waals surface area contributed by atoms with Crippen LogP contribution in [-0.2, 0) is 53.1 Å². The van der Waals surface area contributed by atoms with Gasteiger partial charge in [-0.1, -0.05) is 61.7 Å². The second kappa shape index (κ2) is 19.9. The van der Waals surface area contributed by atoms with E-state index in [1.54, 1.807) is 24.3 Å². The maximum absolute atomic E-state index is 12.8. The number of aryl methyl sites for hydroxylation is 2. The molecule has 5 aromatic rings. The van der Waals surface area contributed by atoms with Gasteiger partial charge >= 0.3 is 35.8 Å². The number of rotatable bonds is 18. The summed E-state index contributed by atoms with van der Waals surface area (Å²) in [5, 5.41) is 0. The van der Waals surface area contributed by atoms with Crippen LogP contribution in [0.5, 0.6) is 11.5 Å². The summed E-state index contributed by atoms with van der Waals surface area (Å²) in [5.74, 6) is -3.28. The Morgan fingerprint density at radius 3 is 1.41 bits per heavy atom. The molecule has 4 aromatic carbocycles. The molecule has 0 bridgehead atoms. The predicted octanol–water partition coefficient (Wildman–Crippen LogP) is 7.31. The molecule has 0 aliphatic heterocycles. The molecule has 1 aromatic heterocycles. The summed E-state index contributed by atoms with van der Waals surface area (Å²) in [4.78, 5) is 83.5. The van der Waals surface area contributed by atoms with Gasteiger partial charge in [-0.05, 0) is 91.9 Å². The van der Waals surface area contributed by atoms with Crippen LogP contribution in [0.15, 0.2) is 109 Å². The van der Waals surface area contributed by atoms with Crippen molar-refractivity contribution in [1.29, 1.82) is 0 Å². The van der Waals surface area contributed by atoms with Gasteiger partial charge in [-0.15, -0.1) is 0 Å².